The van der Waals surface area contributed by atoms with E-state index in [0.717, 1.165) is 50.6 Å². The monoisotopic (exact) mass is 309 g/mol. The Labute approximate surface area is 129 Å². The van der Waals surface area contributed by atoms with Crippen LogP contribution in [-0.4, -0.2) is 65.6 Å². The smallest absolute Gasteiger partial charge is 0.273 e. The van der Waals surface area contributed by atoms with Gasteiger partial charge in [0.1, 0.15) is 5.69 Å². The molecule has 0 saturated carbocycles. The molecule has 1 atom stereocenters. The molecule has 3 heterocycles. The van der Waals surface area contributed by atoms with Gasteiger partial charge in [0.05, 0.1) is 17.7 Å². The number of aromatic nitrogens is 1. The van der Waals surface area contributed by atoms with Gasteiger partial charge in [-0.1, -0.05) is 0 Å². The van der Waals surface area contributed by atoms with Gasteiger partial charge in [0.2, 0.25) is 0 Å². The van der Waals surface area contributed by atoms with E-state index in [1.54, 1.807) is 0 Å². The quantitative estimate of drug-likeness (QED) is 0.835. The number of thiazole rings is 1. The molecule has 6 heteroatoms. The summed E-state index contributed by atoms with van der Waals surface area (Å²) in [7, 11) is 0. The number of carbonyl (C=O) groups excluding carboxylic acids is 1. The lowest BCUT2D eigenvalue weighted by molar-refractivity contribution is -0.0423. The minimum atomic E-state index is 0.0909. The molecule has 1 amide bonds. The van der Waals surface area contributed by atoms with Gasteiger partial charge < -0.3 is 9.64 Å². The van der Waals surface area contributed by atoms with E-state index < -0.39 is 0 Å². The number of aryl methyl sites for hydroxylation is 1. The van der Waals surface area contributed by atoms with Gasteiger partial charge in [-0.15, -0.1) is 11.3 Å². The van der Waals surface area contributed by atoms with Crippen LogP contribution in [-0.2, 0) is 4.74 Å². The summed E-state index contributed by atoms with van der Waals surface area (Å²) < 4.78 is 5.61. The molecule has 2 aliphatic rings. The highest BCUT2D eigenvalue weighted by Gasteiger charge is 2.30. The molecule has 1 aromatic rings. The zero-order chi connectivity index (χ0) is 14.8. The molecule has 116 valence electrons. The Bertz CT molecular complexity index is 497. The molecule has 5 nitrogen and oxygen atoms in total. The summed E-state index contributed by atoms with van der Waals surface area (Å²) >= 11 is 1.54. The number of ether oxygens (including phenoxy) is 1. The fourth-order valence-electron chi connectivity index (χ4n) is 3.23. The van der Waals surface area contributed by atoms with E-state index in [2.05, 4.69) is 16.8 Å². The SMILES string of the molecule is Cc1nc(C(=O)N2CCC(N3CCO[C@H](C)C3)CC2)cs1. The first-order valence-electron chi connectivity index (χ1n) is 7.70. The summed E-state index contributed by atoms with van der Waals surface area (Å²) in [6, 6.07) is 0.595. The Morgan fingerprint density at radius 1 is 1.38 bits per heavy atom. The molecule has 21 heavy (non-hydrogen) atoms. The average Bonchev–Trinajstić information content (AvgIpc) is 2.93. The number of amides is 1. The predicted octanol–water partition coefficient (Wildman–Crippen LogP) is 1.78. The summed E-state index contributed by atoms with van der Waals surface area (Å²) in [6.45, 7) is 8.62. The third-order valence-corrected chi connectivity index (χ3v) is 5.15. The van der Waals surface area contributed by atoms with Crippen LogP contribution in [0.1, 0.15) is 35.3 Å². The van der Waals surface area contributed by atoms with Crippen LogP contribution in [0.2, 0.25) is 0 Å². The number of likely N-dealkylation sites (tertiary alicyclic amines) is 1. The zero-order valence-corrected chi connectivity index (χ0v) is 13.6. The fourth-order valence-corrected chi connectivity index (χ4v) is 3.82. The van der Waals surface area contributed by atoms with Crippen LogP contribution < -0.4 is 0 Å². The summed E-state index contributed by atoms with van der Waals surface area (Å²) in [5.74, 6) is 0.0909. The summed E-state index contributed by atoms with van der Waals surface area (Å²) in [4.78, 5) is 21.2. The highest BCUT2D eigenvalue weighted by atomic mass is 32.1. The first-order valence-corrected chi connectivity index (χ1v) is 8.58. The van der Waals surface area contributed by atoms with E-state index in [0.29, 0.717) is 17.8 Å². The predicted molar refractivity (Wildman–Crippen MR) is 82.8 cm³/mol. The fraction of sp³-hybridized carbons (Fsp3) is 0.733. The molecule has 0 unspecified atom stereocenters. The van der Waals surface area contributed by atoms with E-state index in [1.807, 2.05) is 17.2 Å². The van der Waals surface area contributed by atoms with Crippen LogP contribution >= 0.6 is 11.3 Å². The summed E-state index contributed by atoms with van der Waals surface area (Å²) in [5.41, 5.74) is 0.607. The third kappa shape index (κ3) is 3.44. The average molecular weight is 309 g/mol. The topological polar surface area (TPSA) is 45.7 Å². The van der Waals surface area contributed by atoms with Crippen molar-refractivity contribution < 1.29 is 9.53 Å². The Balaban J connectivity index is 1.54. The molecular weight excluding hydrogens is 286 g/mol. The number of rotatable bonds is 2. The molecule has 2 saturated heterocycles. The van der Waals surface area contributed by atoms with Crippen molar-refractivity contribution >= 4 is 17.2 Å². The van der Waals surface area contributed by atoms with Crippen LogP contribution in [0.25, 0.3) is 0 Å². The Morgan fingerprint density at radius 2 is 2.14 bits per heavy atom. The number of hydrogen-bond donors (Lipinski definition) is 0. The van der Waals surface area contributed by atoms with Crippen LogP contribution in [0, 0.1) is 6.92 Å². The van der Waals surface area contributed by atoms with Gasteiger partial charge >= 0.3 is 0 Å². The van der Waals surface area contributed by atoms with Crippen LogP contribution in [0.4, 0.5) is 0 Å². The highest BCUT2D eigenvalue weighted by Crippen LogP contribution is 2.21. The van der Waals surface area contributed by atoms with Crippen LogP contribution in [0.15, 0.2) is 5.38 Å². The maximum absolute atomic E-state index is 12.4. The Kier molecular flexibility index (Phi) is 4.57. The van der Waals surface area contributed by atoms with E-state index >= 15 is 0 Å². The molecule has 0 bridgehead atoms. The van der Waals surface area contributed by atoms with Crippen molar-refractivity contribution in [2.45, 2.75) is 38.8 Å². The summed E-state index contributed by atoms with van der Waals surface area (Å²) in [6.07, 6.45) is 2.44. The van der Waals surface area contributed by atoms with Gasteiger partial charge in [-0.05, 0) is 26.7 Å². The van der Waals surface area contributed by atoms with E-state index in [1.165, 1.54) is 11.3 Å². The molecule has 0 N–H and O–H groups in total. The van der Waals surface area contributed by atoms with E-state index in [-0.39, 0.29) is 5.91 Å². The second-order valence-electron chi connectivity index (χ2n) is 5.95. The van der Waals surface area contributed by atoms with E-state index in [4.69, 9.17) is 4.74 Å². The number of hydrogen-bond acceptors (Lipinski definition) is 5. The highest BCUT2D eigenvalue weighted by molar-refractivity contribution is 7.09. The van der Waals surface area contributed by atoms with Crippen molar-refractivity contribution in [1.82, 2.24) is 14.8 Å². The number of nitrogens with zero attached hydrogens (tertiary/aromatic N) is 3. The molecule has 0 radical (unpaired) electrons. The second-order valence-corrected chi connectivity index (χ2v) is 7.01. The lowest BCUT2D eigenvalue weighted by atomic mass is 10.0. The molecule has 0 spiro atoms. The normalized spacial score (nSPS) is 25.2. The standard InChI is InChI=1S/C15H23N3O2S/c1-11-9-18(7-8-20-11)13-3-5-17(6-4-13)15(19)14-10-21-12(2)16-14/h10-11,13H,3-9H2,1-2H3/t11-/m1/s1. The first kappa shape index (κ1) is 14.9. The molecular formula is C15H23N3O2S. The van der Waals surface area contributed by atoms with Gasteiger partial charge in [-0.25, -0.2) is 4.98 Å². The maximum atomic E-state index is 12.4. The van der Waals surface area contributed by atoms with E-state index in [9.17, 15) is 4.79 Å². The molecule has 3 rings (SSSR count). The van der Waals surface area contributed by atoms with Gasteiger partial charge in [-0.2, -0.15) is 0 Å². The van der Waals surface area contributed by atoms with Gasteiger partial charge in [0, 0.05) is 37.6 Å². The molecule has 2 aliphatic heterocycles. The number of carbonyl (C=O) groups is 1. The Hall–Kier alpha value is -0.980. The largest absolute Gasteiger partial charge is 0.376 e. The second kappa shape index (κ2) is 6.42. The molecule has 0 aliphatic carbocycles. The van der Waals surface area contributed by atoms with Crippen molar-refractivity contribution in [2.75, 3.05) is 32.8 Å². The Morgan fingerprint density at radius 3 is 2.76 bits per heavy atom. The molecule has 1 aromatic heterocycles. The number of piperidine rings is 1. The first-order chi connectivity index (χ1) is 10.1. The van der Waals surface area contributed by atoms with Crippen molar-refractivity contribution in [2.24, 2.45) is 0 Å². The van der Waals surface area contributed by atoms with Gasteiger partial charge in [0.25, 0.3) is 5.91 Å². The van der Waals surface area contributed by atoms with Crippen LogP contribution in [0.5, 0.6) is 0 Å². The van der Waals surface area contributed by atoms with Gasteiger partial charge in [0.15, 0.2) is 0 Å². The van der Waals surface area contributed by atoms with Gasteiger partial charge in [-0.3, -0.25) is 9.69 Å². The molecule has 0 aromatic carbocycles. The van der Waals surface area contributed by atoms with Crippen LogP contribution in [0.3, 0.4) is 0 Å². The minimum Gasteiger partial charge on any atom is -0.376 e. The van der Waals surface area contributed by atoms with Crippen molar-refractivity contribution in [3.05, 3.63) is 16.1 Å². The molecule has 2 fully saturated rings. The lowest BCUT2D eigenvalue weighted by Crippen LogP contribution is -2.51. The van der Waals surface area contributed by atoms with Crippen molar-refractivity contribution in [1.29, 1.82) is 0 Å². The lowest BCUT2D eigenvalue weighted by Gasteiger charge is -2.41. The van der Waals surface area contributed by atoms with Crippen molar-refractivity contribution in [3.8, 4) is 0 Å². The maximum Gasteiger partial charge on any atom is 0.273 e. The summed E-state index contributed by atoms with van der Waals surface area (Å²) in [5, 5.41) is 2.82. The van der Waals surface area contributed by atoms with Crippen molar-refractivity contribution in [3.63, 3.8) is 0 Å². The third-order valence-electron chi connectivity index (χ3n) is 4.38. The minimum absolute atomic E-state index is 0.0909. The number of morpholine rings is 1. The zero-order valence-electron chi connectivity index (χ0n) is 12.7.